The molecule has 78 valence electrons. The van der Waals surface area contributed by atoms with E-state index in [1.807, 2.05) is 24.3 Å². The third-order valence-corrected chi connectivity index (χ3v) is 2.60. The van der Waals surface area contributed by atoms with Crippen LogP contribution in [0.5, 0.6) is 0 Å². The number of para-hydroxylation sites is 1. The highest BCUT2D eigenvalue weighted by Crippen LogP contribution is 2.20. The molecule has 0 radical (unpaired) electrons. The molecule has 5 nitrogen and oxygen atoms in total. The molecule has 0 aliphatic rings. The summed E-state index contributed by atoms with van der Waals surface area (Å²) in [5.41, 5.74) is 1.70. The predicted octanol–water partition coefficient (Wildman–Crippen LogP) is 1.42. The predicted molar refractivity (Wildman–Crippen MR) is 58.0 cm³/mol. The van der Waals surface area contributed by atoms with Crippen LogP contribution in [0.1, 0.15) is 5.69 Å². The summed E-state index contributed by atoms with van der Waals surface area (Å²) >= 11 is 3.44. The Balaban J connectivity index is 2.45. The fourth-order valence-corrected chi connectivity index (χ4v) is 1.72. The molecule has 1 aromatic carbocycles. The number of aromatic nitrogens is 3. The van der Waals surface area contributed by atoms with Crippen molar-refractivity contribution in [3.63, 3.8) is 0 Å². The highest BCUT2D eigenvalue weighted by molar-refractivity contribution is 9.10. The van der Waals surface area contributed by atoms with E-state index >= 15 is 0 Å². The zero-order valence-electron chi connectivity index (χ0n) is 7.80. The second-order valence-corrected chi connectivity index (χ2v) is 3.75. The molecule has 0 spiro atoms. The van der Waals surface area contributed by atoms with Crippen molar-refractivity contribution >= 4 is 15.9 Å². The first-order valence-electron chi connectivity index (χ1n) is 4.29. The second-order valence-electron chi connectivity index (χ2n) is 2.90. The molecule has 0 aliphatic carbocycles. The molecule has 0 amide bonds. The van der Waals surface area contributed by atoms with E-state index in [1.165, 1.54) is 0 Å². The minimum Gasteiger partial charge on any atom is -0.298 e. The topological polar surface area (TPSA) is 66.0 Å². The minimum atomic E-state index is 0.272. The Bertz CT molecular complexity index is 457. The maximum absolute atomic E-state index is 5.02. The zero-order valence-corrected chi connectivity index (χ0v) is 9.39. The highest BCUT2D eigenvalue weighted by atomic mass is 79.9. The van der Waals surface area contributed by atoms with Gasteiger partial charge in [-0.1, -0.05) is 17.3 Å². The molecule has 1 aromatic heterocycles. The number of hydrogen-bond donors (Lipinski definition) is 1. The lowest BCUT2D eigenvalue weighted by molar-refractivity contribution is 0.119. The normalized spacial score (nSPS) is 10.5. The third kappa shape index (κ3) is 2.06. The SMILES string of the molecule is NOCc1cnnn1-c1ccccc1Br. The van der Waals surface area contributed by atoms with Crippen molar-refractivity contribution in [3.05, 3.63) is 40.6 Å². The smallest absolute Gasteiger partial charge is 0.112 e. The number of hydrogen-bond acceptors (Lipinski definition) is 4. The highest BCUT2D eigenvalue weighted by Gasteiger charge is 2.08. The van der Waals surface area contributed by atoms with E-state index in [4.69, 9.17) is 5.90 Å². The molecule has 0 fully saturated rings. The summed E-state index contributed by atoms with van der Waals surface area (Å²) in [6, 6.07) is 7.72. The molecule has 0 saturated heterocycles. The average Bonchev–Trinajstić information content (AvgIpc) is 2.67. The van der Waals surface area contributed by atoms with Crippen molar-refractivity contribution in [2.75, 3.05) is 0 Å². The largest absolute Gasteiger partial charge is 0.298 e. The van der Waals surface area contributed by atoms with Crippen LogP contribution in [-0.2, 0) is 11.4 Å². The zero-order chi connectivity index (χ0) is 10.7. The van der Waals surface area contributed by atoms with E-state index in [-0.39, 0.29) is 6.61 Å². The fraction of sp³-hybridized carbons (Fsp3) is 0.111. The van der Waals surface area contributed by atoms with Gasteiger partial charge in [0.25, 0.3) is 0 Å². The van der Waals surface area contributed by atoms with Gasteiger partial charge in [0.1, 0.15) is 6.61 Å². The number of benzene rings is 1. The van der Waals surface area contributed by atoms with Crippen LogP contribution in [0.2, 0.25) is 0 Å². The van der Waals surface area contributed by atoms with E-state index in [2.05, 4.69) is 31.1 Å². The van der Waals surface area contributed by atoms with Crippen LogP contribution in [0, 0.1) is 0 Å². The van der Waals surface area contributed by atoms with Crippen LogP contribution < -0.4 is 5.90 Å². The van der Waals surface area contributed by atoms with Crippen LogP contribution in [0.25, 0.3) is 5.69 Å². The molecule has 2 N–H and O–H groups in total. The Labute approximate surface area is 94.9 Å². The first-order chi connectivity index (χ1) is 7.33. The van der Waals surface area contributed by atoms with E-state index in [0.717, 1.165) is 15.9 Å². The lowest BCUT2D eigenvalue weighted by Gasteiger charge is -2.06. The Hall–Kier alpha value is -1.24. The summed E-state index contributed by atoms with van der Waals surface area (Å²) in [4.78, 5) is 4.57. The van der Waals surface area contributed by atoms with Gasteiger partial charge >= 0.3 is 0 Å². The lowest BCUT2D eigenvalue weighted by Crippen LogP contribution is -2.07. The van der Waals surface area contributed by atoms with Crippen LogP contribution in [0.3, 0.4) is 0 Å². The van der Waals surface area contributed by atoms with Crippen LogP contribution in [0.15, 0.2) is 34.9 Å². The second kappa shape index (κ2) is 4.52. The molecule has 0 aliphatic heterocycles. The van der Waals surface area contributed by atoms with Gasteiger partial charge < -0.3 is 0 Å². The quantitative estimate of drug-likeness (QED) is 0.856. The monoisotopic (exact) mass is 268 g/mol. The van der Waals surface area contributed by atoms with Gasteiger partial charge in [0.15, 0.2) is 0 Å². The van der Waals surface area contributed by atoms with Gasteiger partial charge in [-0.25, -0.2) is 10.6 Å². The van der Waals surface area contributed by atoms with Crippen molar-refractivity contribution in [2.24, 2.45) is 5.90 Å². The standard InChI is InChI=1S/C9H9BrN4O/c10-8-3-1-2-4-9(8)14-7(6-15-11)5-12-13-14/h1-5H,6,11H2. The Morgan fingerprint density at radius 2 is 2.20 bits per heavy atom. The third-order valence-electron chi connectivity index (χ3n) is 1.93. The molecular formula is C9H9BrN4O. The van der Waals surface area contributed by atoms with Gasteiger partial charge in [-0.05, 0) is 28.1 Å². The van der Waals surface area contributed by atoms with Gasteiger partial charge in [0.05, 0.1) is 17.6 Å². The Morgan fingerprint density at radius 3 is 2.93 bits per heavy atom. The maximum atomic E-state index is 5.02. The molecule has 2 aromatic rings. The molecular weight excluding hydrogens is 260 g/mol. The summed E-state index contributed by atoms with van der Waals surface area (Å²) in [6.07, 6.45) is 1.62. The van der Waals surface area contributed by atoms with Gasteiger partial charge in [0, 0.05) is 4.47 Å². The van der Waals surface area contributed by atoms with Crippen LogP contribution in [0.4, 0.5) is 0 Å². The van der Waals surface area contributed by atoms with Crippen molar-refractivity contribution in [3.8, 4) is 5.69 Å². The molecule has 0 atom stereocenters. The number of nitrogens with zero attached hydrogens (tertiary/aromatic N) is 3. The summed E-state index contributed by atoms with van der Waals surface area (Å²) in [5, 5.41) is 7.78. The van der Waals surface area contributed by atoms with Crippen molar-refractivity contribution in [1.29, 1.82) is 0 Å². The average molecular weight is 269 g/mol. The maximum Gasteiger partial charge on any atom is 0.112 e. The van der Waals surface area contributed by atoms with Gasteiger partial charge in [0.2, 0.25) is 0 Å². The minimum absolute atomic E-state index is 0.272. The molecule has 2 rings (SSSR count). The molecule has 0 unspecified atom stereocenters. The summed E-state index contributed by atoms with van der Waals surface area (Å²) in [7, 11) is 0. The van der Waals surface area contributed by atoms with Gasteiger partial charge in [-0.15, -0.1) is 5.10 Å². The summed E-state index contributed by atoms with van der Waals surface area (Å²) in [5.74, 6) is 5.02. The molecule has 15 heavy (non-hydrogen) atoms. The molecule has 0 bridgehead atoms. The van der Waals surface area contributed by atoms with E-state index < -0.39 is 0 Å². The number of nitrogens with two attached hydrogens (primary N) is 1. The Kier molecular flexibility index (Phi) is 3.10. The molecule has 6 heteroatoms. The lowest BCUT2D eigenvalue weighted by atomic mass is 10.3. The fourth-order valence-electron chi connectivity index (χ4n) is 1.27. The van der Waals surface area contributed by atoms with Crippen LogP contribution in [-0.4, -0.2) is 15.0 Å². The number of halogens is 1. The van der Waals surface area contributed by atoms with Crippen molar-refractivity contribution < 1.29 is 4.84 Å². The van der Waals surface area contributed by atoms with Gasteiger partial charge in [-0.3, -0.25) is 4.84 Å². The molecule has 1 heterocycles. The summed E-state index contributed by atoms with van der Waals surface area (Å²) < 4.78 is 2.62. The Morgan fingerprint density at radius 1 is 1.40 bits per heavy atom. The first kappa shape index (κ1) is 10.3. The first-order valence-corrected chi connectivity index (χ1v) is 5.08. The van der Waals surface area contributed by atoms with Crippen LogP contribution >= 0.6 is 15.9 Å². The van der Waals surface area contributed by atoms with E-state index in [1.54, 1.807) is 10.9 Å². The van der Waals surface area contributed by atoms with Crippen molar-refractivity contribution in [1.82, 2.24) is 15.0 Å². The van der Waals surface area contributed by atoms with E-state index in [0.29, 0.717) is 0 Å². The van der Waals surface area contributed by atoms with E-state index in [9.17, 15) is 0 Å². The summed E-state index contributed by atoms with van der Waals surface area (Å²) in [6.45, 7) is 0.272. The number of rotatable bonds is 3. The molecule has 0 saturated carbocycles. The van der Waals surface area contributed by atoms with Crippen molar-refractivity contribution in [2.45, 2.75) is 6.61 Å². The van der Waals surface area contributed by atoms with Gasteiger partial charge in [-0.2, -0.15) is 0 Å².